The Hall–Kier alpha value is -3.13. The SMILES string of the molecule is O=c1[nH]c(O)c(C=NCc2ccc(-c3ccccc3)c(O)c2)c2cc(I)ccc12. The number of rotatable bonds is 4. The van der Waals surface area contributed by atoms with Crippen molar-refractivity contribution in [2.24, 2.45) is 4.99 Å². The number of hydrogen-bond donors (Lipinski definition) is 3. The first kappa shape index (κ1) is 19.2. The van der Waals surface area contributed by atoms with Crippen molar-refractivity contribution in [3.05, 3.63) is 91.8 Å². The zero-order chi connectivity index (χ0) is 20.4. The van der Waals surface area contributed by atoms with Crippen LogP contribution in [0, 0.1) is 3.57 Å². The highest BCUT2D eigenvalue weighted by molar-refractivity contribution is 14.1. The number of phenols is 1. The highest BCUT2D eigenvalue weighted by Crippen LogP contribution is 2.30. The largest absolute Gasteiger partial charge is 0.507 e. The van der Waals surface area contributed by atoms with E-state index in [1.54, 1.807) is 18.3 Å². The van der Waals surface area contributed by atoms with Crippen molar-refractivity contribution >= 4 is 39.6 Å². The van der Waals surface area contributed by atoms with Crippen LogP contribution in [0.25, 0.3) is 21.9 Å². The molecule has 4 aromatic rings. The number of nitrogens with one attached hydrogen (secondary N) is 1. The molecule has 0 aliphatic carbocycles. The second-order valence-electron chi connectivity index (χ2n) is 6.59. The number of hydrogen-bond acceptors (Lipinski definition) is 4. The van der Waals surface area contributed by atoms with Crippen LogP contribution in [-0.2, 0) is 6.54 Å². The third kappa shape index (κ3) is 4.02. The average molecular weight is 496 g/mol. The molecular weight excluding hydrogens is 479 g/mol. The molecule has 0 spiro atoms. The minimum atomic E-state index is -0.340. The monoisotopic (exact) mass is 496 g/mol. The predicted octanol–water partition coefficient (Wildman–Crippen LogP) is 4.83. The van der Waals surface area contributed by atoms with Gasteiger partial charge in [-0.15, -0.1) is 0 Å². The van der Waals surface area contributed by atoms with Crippen LogP contribution in [0.4, 0.5) is 0 Å². The summed E-state index contributed by atoms with van der Waals surface area (Å²) in [5.74, 6) is -0.0219. The van der Waals surface area contributed by atoms with E-state index in [1.165, 1.54) is 0 Å². The number of fused-ring (bicyclic) bond motifs is 1. The lowest BCUT2D eigenvalue weighted by Crippen LogP contribution is -2.08. The Bertz CT molecular complexity index is 1280. The summed E-state index contributed by atoms with van der Waals surface area (Å²) in [6.07, 6.45) is 1.55. The molecule has 1 aromatic heterocycles. The van der Waals surface area contributed by atoms with Gasteiger partial charge in [0.2, 0.25) is 5.88 Å². The van der Waals surface area contributed by atoms with Crippen LogP contribution in [0.2, 0.25) is 0 Å². The Balaban J connectivity index is 1.62. The fraction of sp³-hybridized carbons (Fsp3) is 0.0435. The number of aliphatic imine (C=N–C) groups is 1. The van der Waals surface area contributed by atoms with Crippen molar-refractivity contribution < 1.29 is 10.2 Å². The lowest BCUT2D eigenvalue weighted by Gasteiger charge is -2.07. The predicted molar refractivity (Wildman–Crippen MR) is 124 cm³/mol. The number of halogens is 1. The summed E-state index contributed by atoms with van der Waals surface area (Å²) < 4.78 is 0.955. The molecule has 3 N–H and O–H groups in total. The van der Waals surface area contributed by atoms with Crippen LogP contribution in [0.5, 0.6) is 11.6 Å². The smallest absolute Gasteiger partial charge is 0.258 e. The Labute approximate surface area is 180 Å². The van der Waals surface area contributed by atoms with Crippen molar-refractivity contribution in [1.29, 1.82) is 0 Å². The van der Waals surface area contributed by atoms with Gasteiger partial charge in [-0.3, -0.25) is 14.8 Å². The molecule has 4 rings (SSSR count). The highest BCUT2D eigenvalue weighted by Gasteiger charge is 2.10. The average Bonchev–Trinajstić information content (AvgIpc) is 2.71. The van der Waals surface area contributed by atoms with E-state index < -0.39 is 0 Å². The lowest BCUT2D eigenvalue weighted by atomic mass is 10.0. The summed E-state index contributed by atoms with van der Waals surface area (Å²) in [5, 5.41) is 21.7. The topological polar surface area (TPSA) is 85.7 Å². The third-order valence-electron chi connectivity index (χ3n) is 4.64. The maximum atomic E-state index is 12.1. The van der Waals surface area contributed by atoms with Gasteiger partial charge in [0.25, 0.3) is 5.56 Å². The molecular formula is C23H17IN2O3. The zero-order valence-electron chi connectivity index (χ0n) is 15.3. The molecule has 0 atom stereocenters. The molecule has 0 aliphatic rings. The third-order valence-corrected chi connectivity index (χ3v) is 5.32. The molecule has 1 heterocycles. The summed E-state index contributed by atoms with van der Waals surface area (Å²) in [6.45, 7) is 0.326. The Morgan fingerprint density at radius 2 is 1.76 bits per heavy atom. The zero-order valence-corrected chi connectivity index (χ0v) is 17.4. The molecule has 0 amide bonds. The standard InChI is InChI=1S/C23H17IN2O3/c24-16-7-9-18-19(11-16)20(23(29)26-22(18)28)13-25-12-14-6-8-17(21(27)10-14)15-4-2-1-3-5-15/h1-11,13,27H,12H2,(H2,26,28,29). The maximum Gasteiger partial charge on any atom is 0.258 e. The molecule has 0 fully saturated rings. The van der Waals surface area contributed by atoms with Crippen molar-refractivity contribution in [3.63, 3.8) is 0 Å². The van der Waals surface area contributed by atoms with Gasteiger partial charge in [-0.1, -0.05) is 42.5 Å². The summed E-state index contributed by atoms with van der Waals surface area (Å²) in [6, 6.07) is 20.5. The van der Waals surface area contributed by atoms with E-state index in [4.69, 9.17) is 0 Å². The minimum Gasteiger partial charge on any atom is -0.507 e. The number of aromatic nitrogens is 1. The van der Waals surface area contributed by atoms with Crippen molar-refractivity contribution in [2.45, 2.75) is 6.54 Å². The first-order valence-corrected chi connectivity index (χ1v) is 10.0. The summed E-state index contributed by atoms with van der Waals surface area (Å²) in [5.41, 5.74) is 2.66. The van der Waals surface area contributed by atoms with Gasteiger partial charge in [0, 0.05) is 26.1 Å². The van der Waals surface area contributed by atoms with Crippen molar-refractivity contribution in [2.75, 3.05) is 0 Å². The van der Waals surface area contributed by atoms with E-state index >= 15 is 0 Å². The molecule has 144 valence electrons. The van der Waals surface area contributed by atoms with E-state index in [2.05, 4.69) is 32.6 Å². The highest BCUT2D eigenvalue weighted by atomic mass is 127. The number of nitrogens with zero attached hydrogens (tertiary/aromatic N) is 1. The molecule has 6 heteroatoms. The molecule has 0 saturated heterocycles. The Morgan fingerprint density at radius 1 is 0.966 bits per heavy atom. The van der Waals surface area contributed by atoms with Crippen molar-refractivity contribution in [1.82, 2.24) is 4.98 Å². The van der Waals surface area contributed by atoms with Crippen LogP contribution in [0.1, 0.15) is 11.1 Å². The van der Waals surface area contributed by atoms with Gasteiger partial charge in [0.1, 0.15) is 5.75 Å². The second kappa shape index (κ2) is 8.08. The van der Waals surface area contributed by atoms with E-state index in [0.717, 1.165) is 20.3 Å². The van der Waals surface area contributed by atoms with Crippen LogP contribution in [0.15, 0.2) is 76.5 Å². The van der Waals surface area contributed by atoms with E-state index in [9.17, 15) is 15.0 Å². The fourth-order valence-corrected chi connectivity index (χ4v) is 3.71. The molecule has 0 saturated carbocycles. The summed E-state index contributed by atoms with van der Waals surface area (Å²) in [7, 11) is 0. The van der Waals surface area contributed by atoms with E-state index in [-0.39, 0.29) is 17.2 Å². The van der Waals surface area contributed by atoms with Crippen LogP contribution in [0.3, 0.4) is 0 Å². The molecule has 29 heavy (non-hydrogen) atoms. The van der Waals surface area contributed by atoms with Crippen molar-refractivity contribution in [3.8, 4) is 22.8 Å². The minimum absolute atomic E-state index is 0.191. The lowest BCUT2D eigenvalue weighted by molar-refractivity contribution is 0.452. The number of phenolic OH excluding ortho intramolecular Hbond substituents is 1. The molecule has 5 nitrogen and oxygen atoms in total. The van der Waals surface area contributed by atoms with Gasteiger partial charge in [-0.25, -0.2) is 0 Å². The van der Waals surface area contributed by atoms with Gasteiger partial charge in [-0.2, -0.15) is 0 Å². The van der Waals surface area contributed by atoms with Crippen LogP contribution in [-0.4, -0.2) is 21.4 Å². The van der Waals surface area contributed by atoms with Crippen LogP contribution < -0.4 is 5.56 Å². The normalized spacial score (nSPS) is 11.3. The number of benzene rings is 3. The molecule has 3 aromatic carbocycles. The summed E-state index contributed by atoms with van der Waals surface area (Å²) in [4.78, 5) is 18.9. The first-order chi connectivity index (χ1) is 14.0. The number of aromatic hydroxyl groups is 2. The molecule has 0 aliphatic heterocycles. The second-order valence-corrected chi connectivity index (χ2v) is 7.84. The number of H-pyrrole nitrogens is 1. The molecule has 0 bridgehead atoms. The van der Waals surface area contributed by atoms with E-state index in [0.29, 0.717) is 22.9 Å². The van der Waals surface area contributed by atoms with Crippen LogP contribution >= 0.6 is 22.6 Å². The Kier molecular flexibility index (Phi) is 5.35. The summed E-state index contributed by atoms with van der Waals surface area (Å²) >= 11 is 2.16. The van der Waals surface area contributed by atoms with Gasteiger partial charge < -0.3 is 10.2 Å². The Morgan fingerprint density at radius 3 is 2.52 bits per heavy atom. The first-order valence-electron chi connectivity index (χ1n) is 8.94. The van der Waals surface area contributed by atoms with E-state index in [1.807, 2.05) is 54.6 Å². The quantitative estimate of drug-likeness (QED) is 0.280. The van der Waals surface area contributed by atoms with Gasteiger partial charge >= 0.3 is 0 Å². The maximum absolute atomic E-state index is 12.1. The van der Waals surface area contributed by atoms with Gasteiger partial charge in [0.05, 0.1) is 12.1 Å². The van der Waals surface area contributed by atoms with Gasteiger partial charge in [-0.05, 0) is 58.0 Å². The fourth-order valence-electron chi connectivity index (χ4n) is 3.22. The molecule has 0 radical (unpaired) electrons. The molecule has 0 unspecified atom stereocenters. The van der Waals surface area contributed by atoms with Gasteiger partial charge in [0.15, 0.2) is 0 Å². The number of aromatic amines is 1. The number of pyridine rings is 1.